The van der Waals surface area contributed by atoms with E-state index < -0.39 is 11.9 Å². The molecule has 0 saturated heterocycles. The minimum Gasteiger partial charge on any atom is -0.478 e. The van der Waals surface area contributed by atoms with Gasteiger partial charge in [-0.25, -0.2) is 4.79 Å². The number of nitrogens with one attached hydrogen (secondary N) is 1. The number of aromatic carboxylic acids is 1. The zero-order valence-corrected chi connectivity index (χ0v) is 13.8. The number of carboxylic acid groups (broad SMARTS) is 1. The molecule has 0 heterocycles. The lowest BCUT2D eigenvalue weighted by Gasteiger charge is -2.12. The van der Waals surface area contributed by atoms with Crippen LogP contribution in [0.5, 0.6) is 0 Å². The van der Waals surface area contributed by atoms with Crippen molar-refractivity contribution in [3.05, 3.63) is 64.7 Å². The lowest BCUT2D eigenvalue weighted by Crippen LogP contribution is -2.18. The number of carbonyl (C=O) groups is 3. The van der Waals surface area contributed by atoms with Crippen LogP contribution in [0.15, 0.2) is 42.5 Å². The maximum absolute atomic E-state index is 12.5. The molecule has 2 aromatic carbocycles. The normalized spacial score (nSPS) is 10.3. The fraction of sp³-hybridized carbons (Fsp3) is 0.211. The molecule has 0 fully saturated rings. The van der Waals surface area contributed by atoms with Crippen molar-refractivity contribution in [1.29, 1.82) is 0 Å². The van der Waals surface area contributed by atoms with Gasteiger partial charge in [0.15, 0.2) is 5.78 Å². The van der Waals surface area contributed by atoms with Crippen LogP contribution < -0.4 is 5.32 Å². The third-order valence-electron chi connectivity index (χ3n) is 3.74. The van der Waals surface area contributed by atoms with Crippen LogP contribution in [0.4, 0.5) is 5.69 Å². The Morgan fingerprint density at radius 2 is 1.68 bits per heavy atom. The predicted molar refractivity (Wildman–Crippen MR) is 93.2 cm³/mol. The highest BCUT2D eigenvalue weighted by Gasteiger charge is 2.18. The van der Waals surface area contributed by atoms with Crippen LogP contribution >= 0.6 is 0 Å². The van der Waals surface area contributed by atoms with E-state index in [-0.39, 0.29) is 23.5 Å². The van der Waals surface area contributed by atoms with Crippen molar-refractivity contribution in [2.75, 3.05) is 11.9 Å². The zero-order valence-electron chi connectivity index (χ0n) is 13.8. The van der Waals surface area contributed by atoms with E-state index in [4.69, 9.17) is 5.11 Å². The Hall–Kier alpha value is -2.99. The molecule has 0 saturated carbocycles. The maximum Gasteiger partial charge on any atom is 0.336 e. The summed E-state index contributed by atoms with van der Waals surface area (Å²) in [6, 6.07) is 10.9. The monoisotopic (exact) mass is 341 g/mol. The molecular weight excluding hydrogens is 322 g/mol. The smallest absolute Gasteiger partial charge is 0.336 e. The van der Waals surface area contributed by atoms with Crippen LogP contribution in [0.2, 0.25) is 0 Å². The van der Waals surface area contributed by atoms with Crippen LogP contribution in [0.1, 0.15) is 50.0 Å². The third-order valence-corrected chi connectivity index (χ3v) is 3.74. The van der Waals surface area contributed by atoms with Gasteiger partial charge >= 0.3 is 5.97 Å². The number of benzene rings is 2. The van der Waals surface area contributed by atoms with Crippen molar-refractivity contribution in [3.8, 4) is 0 Å². The highest BCUT2D eigenvalue weighted by atomic mass is 16.4. The van der Waals surface area contributed by atoms with Gasteiger partial charge in [-0.3, -0.25) is 9.59 Å². The second-order valence-corrected chi connectivity index (χ2v) is 5.57. The van der Waals surface area contributed by atoms with Crippen molar-refractivity contribution in [2.24, 2.45) is 0 Å². The van der Waals surface area contributed by atoms with Gasteiger partial charge in [0.05, 0.1) is 16.8 Å². The molecule has 0 aromatic heterocycles. The molecule has 6 nitrogen and oxygen atoms in total. The number of aryl methyl sites for hydroxylation is 1. The molecule has 2 aromatic rings. The molecule has 130 valence electrons. The molecule has 25 heavy (non-hydrogen) atoms. The van der Waals surface area contributed by atoms with E-state index in [1.165, 1.54) is 25.1 Å². The van der Waals surface area contributed by atoms with Crippen molar-refractivity contribution in [2.45, 2.75) is 19.8 Å². The number of carbonyl (C=O) groups excluding carboxylic acids is 2. The number of hydrogen-bond donors (Lipinski definition) is 3. The van der Waals surface area contributed by atoms with Crippen LogP contribution in [0, 0.1) is 0 Å². The Kier molecular flexibility index (Phi) is 6.03. The summed E-state index contributed by atoms with van der Waals surface area (Å²) in [6.45, 7) is 1.45. The van der Waals surface area contributed by atoms with Crippen molar-refractivity contribution < 1.29 is 24.6 Å². The Labute approximate surface area is 145 Å². The number of aliphatic hydroxyl groups excluding tert-OH is 1. The van der Waals surface area contributed by atoms with E-state index in [0.29, 0.717) is 24.1 Å². The Morgan fingerprint density at radius 1 is 1.00 bits per heavy atom. The average molecular weight is 341 g/mol. The average Bonchev–Trinajstić information content (AvgIpc) is 2.60. The van der Waals surface area contributed by atoms with E-state index in [1.54, 1.807) is 24.3 Å². The number of hydrogen-bond acceptors (Lipinski definition) is 4. The summed E-state index contributed by atoms with van der Waals surface area (Å²) in [5.41, 5.74) is 1.46. The molecule has 0 atom stereocenters. The van der Waals surface area contributed by atoms with Crippen molar-refractivity contribution >= 4 is 23.3 Å². The standard InChI is InChI=1S/C19H19NO5/c1-12(22)16-11-13(5-4-10-21)8-9-17(16)20-18(23)14-6-2-3-7-15(14)19(24)25/h2-3,6-9,11,21H,4-5,10H2,1H3,(H,20,23)(H,24,25). The highest BCUT2D eigenvalue weighted by Crippen LogP contribution is 2.21. The van der Waals surface area contributed by atoms with E-state index in [9.17, 15) is 19.5 Å². The lowest BCUT2D eigenvalue weighted by molar-refractivity contribution is 0.0692. The Balaban J connectivity index is 2.32. The molecule has 0 bridgehead atoms. The quantitative estimate of drug-likeness (QED) is 0.672. The van der Waals surface area contributed by atoms with Crippen molar-refractivity contribution in [1.82, 2.24) is 0 Å². The van der Waals surface area contributed by atoms with Gasteiger partial charge in [0.2, 0.25) is 0 Å². The molecule has 0 aliphatic carbocycles. The van der Waals surface area contributed by atoms with E-state index in [2.05, 4.69) is 5.32 Å². The minimum absolute atomic E-state index is 0.0221. The first-order valence-electron chi connectivity index (χ1n) is 7.82. The number of amides is 1. The Morgan fingerprint density at radius 3 is 2.28 bits per heavy atom. The van der Waals surface area contributed by atoms with Gasteiger partial charge in [-0.15, -0.1) is 0 Å². The highest BCUT2D eigenvalue weighted by molar-refractivity contribution is 6.13. The third kappa shape index (κ3) is 4.51. The molecule has 0 radical (unpaired) electrons. The number of ketones is 1. The largest absolute Gasteiger partial charge is 0.478 e. The molecule has 0 aliphatic heterocycles. The zero-order chi connectivity index (χ0) is 18.4. The summed E-state index contributed by atoms with van der Waals surface area (Å²) in [5, 5.41) is 20.7. The SMILES string of the molecule is CC(=O)c1cc(CCCO)ccc1NC(=O)c1ccccc1C(=O)O. The van der Waals surface area contributed by atoms with E-state index in [0.717, 1.165) is 5.56 Å². The summed E-state index contributed by atoms with van der Waals surface area (Å²) in [5.74, 6) is -2.01. The molecule has 1 amide bonds. The molecule has 0 unspecified atom stereocenters. The van der Waals surface area contributed by atoms with Crippen LogP contribution in [0.3, 0.4) is 0 Å². The molecule has 0 aliphatic rings. The van der Waals surface area contributed by atoms with E-state index >= 15 is 0 Å². The van der Waals surface area contributed by atoms with Gasteiger partial charge in [-0.1, -0.05) is 18.2 Å². The van der Waals surface area contributed by atoms with Gasteiger partial charge in [-0.2, -0.15) is 0 Å². The fourth-order valence-electron chi connectivity index (χ4n) is 2.49. The number of rotatable bonds is 7. The second kappa shape index (κ2) is 8.21. The lowest BCUT2D eigenvalue weighted by atomic mass is 10.0. The van der Waals surface area contributed by atoms with Crippen LogP contribution in [0.25, 0.3) is 0 Å². The molecule has 6 heteroatoms. The van der Waals surface area contributed by atoms with E-state index in [1.807, 2.05) is 0 Å². The van der Waals surface area contributed by atoms with Gasteiger partial charge in [0.25, 0.3) is 5.91 Å². The fourth-order valence-corrected chi connectivity index (χ4v) is 2.49. The molecule has 2 rings (SSSR count). The summed E-state index contributed by atoms with van der Waals surface area (Å²) < 4.78 is 0. The Bertz CT molecular complexity index is 813. The van der Waals surface area contributed by atoms with Crippen LogP contribution in [-0.4, -0.2) is 34.5 Å². The maximum atomic E-state index is 12.5. The first kappa shape index (κ1) is 18.4. The number of anilines is 1. The minimum atomic E-state index is -1.20. The van der Waals surface area contributed by atoms with Gasteiger partial charge in [0, 0.05) is 12.2 Å². The second-order valence-electron chi connectivity index (χ2n) is 5.57. The van der Waals surface area contributed by atoms with Gasteiger partial charge in [-0.05, 0) is 49.6 Å². The topological polar surface area (TPSA) is 104 Å². The molecule has 0 spiro atoms. The first-order chi connectivity index (χ1) is 11.9. The summed E-state index contributed by atoms with van der Waals surface area (Å²) in [4.78, 5) is 35.6. The van der Waals surface area contributed by atoms with Crippen LogP contribution in [-0.2, 0) is 6.42 Å². The first-order valence-corrected chi connectivity index (χ1v) is 7.82. The van der Waals surface area contributed by atoms with Gasteiger partial charge < -0.3 is 15.5 Å². The van der Waals surface area contributed by atoms with Gasteiger partial charge in [0.1, 0.15) is 0 Å². The molecule has 3 N–H and O–H groups in total. The number of carboxylic acids is 1. The molecular formula is C19H19NO5. The number of Topliss-reactive ketones (excluding diaryl/α,β-unsaturated/α-hetero) is 1. The number of aliphatic hydroxyl groups is 1. The summed E-state index contributed by atoms with van der Waals surface area (Å²) in [6.07, 6.45) is 1.20. The predicted octanol–water partition coefficient (Wildman–Crippen LogP) is 2.76. The summed E-state index contributed by atoms with van der Waals surface area (Å²) >= 11 is 0. The van der Waals surface area contributed by atoms with Crippen molar-refractivity contribution in [3.63, 3.8) is 0 Å². The summed E-state index contributed by atoms with van der Waals surface area (Å²) in [7, 11) is 0.